The lowest BCUT2D eigenvalue weighted by Crippen LogP contribution is -2.21. The summed E-state index contributed by atoms with van der Waals surface area (Å²) in [4.78, 5) is 19.9. The Labute approximate surface area is 119 Å². The summed E-state index contributed by atoms with van der Waals surface area (Å²) in [5, 5.41) is 3.27. The van der Waals surface area contributed by atoms with Crippen LogP contribution in [0.1, 0.15) is 24.8 Å². The first-order valence-electron chi connectivity index (χ1n) is 6.70. The first-order chi connectivity index (χ1) is 9.39. The Morgan fingerprint density at radius 2 is 2.25 bits per heavy atom. The van der Waals surface area contributed by atoms with Crippen LogP contribution in [-0.4, -0.2) is 41.4 Å². The standard InChI is InChI=1S/C13H21N2O4P/c1-3-15(2)7-6-10-9-14-13-8-11(4-5-12(10)13)19-20(16,17)18/h4-5,8,10,14H,3,6-7,9H2,1-2H3,(H2,16,17,18). The second-order valence-corrected chi connectivity index (χ2v) is 6.26. The third kappa shape index (κ3) is 3.96. The van der Waals surface area contributed by atoms with Crippen molar-refractivity contribution in [3.63, 3.8) is 0 Å². The van der Waals surface area contributed by atoms with Crippen LogP contribution in [0.2, 0.25) is 0 Å². The van der Waals surface area contributed by atoms with Crippen molar-refractivity contribution in [3.05, 3.63) is 23.8 Å². The lowest BCUT2D eigenvalue weighted by molar-refractivity contribution is 0.283. The van der Waals surface area contributed by atoms with E-state index in [4.69, 9.17) is 9.79 Å². The summed E-state index contributed by atoms with van der Waals surface area (Å²) in [6.45, 7) is 5.05. The van der Waals surface area contributed by atoms with Crippen LogP contribution < -0.4 is 9.84 Å². The minimum atomic E-state index is -4.49. The fourth-order valence-corrected chi connectivity index (χ4v) is 2.76. The van der Waals surface area contributed by atoms with Gasteiger partial charge in [0, 0.05) is 24.2 Å². The van der Waals surface area contributed by atoms with Crippen LogP contribution in [0.3, 0.4) is 0 Å². The van der Waals surface area contributed by atoms with Gasteiger partial charge in [-0.2, -0.15) is 0 Å². The summed E-state index contributed by atoms with van der Waals surface area (Å²) in [6.07, 6.45) is 1.06. The molecule has 1 aliphatic rings. The van der Waals surface area contributed by atoms with E-state index in [1.54, 1.807) is 12.1 Å². The second kappa shape index (κ2) is 6.14. The van der Waals surface area contributed by atoms with Gasteiger partial charge in [-0.15, -0.1) is 0 Å². The van der Waals surface area contributed by atoms with Crippen molar-refractivity contribution >= 4 is 13.5 Å². The molecule has 1 heterocycles. The molecule has 0 aliphatic carbocycles. The van der Waals surface area contributed by atoms with Gasteiger partial charge in [0.25, 0.3) is 0 Å². The number of phosphoric acid groups is 1. The first kappa shape index (κ1) is 15.3. The van der Waals surface area contributed by atoms with E-state index in [2.05, 4.69) is 28.7 Å². The van der Waals surface area contributed by atoms with E-state index in [-0.39, 0.29) is 5.75 Å². The van der Waals surface area contributed by atoms with Gasteiger partial charge in [0.2, 0.25) is 0 Å². The van der Waals surface area contributed by atoms with Crippen LogP contribution in [0, 0.1) is 0 Å². The number of nitrogens with zero attached hydrogens (tertiary/aromatic N) is 1. The normalized spacial score (nSPS) is 17.9. The maximum absolute atomic E-state index is 10.8. The third-order valence-corrected chi connectivity index (χ3v) is 4.08. The van der Waals surface area contributed by atoms with Crippen LogP contribution in [0.25, 0.3) is 0 Å². The quantitative estimate of drug-likeness (QED) is 0.697. The number of fused-ring (bicyclic) bond motifs is 1. The SMILES string of the molecule is CCN(C)CCC1CNc2cc(OP(=O)(O)O)ccc21. The van der Waals surface area contributed by atoms with Gasteiger partial charge < -0.3 is 14.7 Å². The average Bonchev–Trinajstić information content (AvgIpc) is 2.76. The molecule has 20 heavy (non-hydrogen) atoms. The Morgan fingerprint density at radius 1 is 1.50 bits per heavy atom. The van der Waals surface area contributed by atoms with Crippen molar-refractivity contribution < 1.29 is 18.9 Å². The van der Waals surface area contributed by atoms with Crippen molar-refractivity contribution in [2.45, 2.75) is 19.3 Å². The molecule has 7 heteroatoms. The van der Waals surface area contributed by atoms with Gasteiger partial charge in [-0.05, 0) is 38.2 Å². The molecule has 0 saturated carbocycles. The molecular weight excluding hydrogens is 279 g/mol. The largest absolute Gasteiger partial charge is 0.524 e. The van der Waals surface area contributed by atoms with Gasteiger partial charge in [-0.25, -0.2) is 4.57 Å². The Bertz CT molecular complexity index is 517. The summed E-state index contributed by atoms with van der Waals surface area (Å²) in [7, 11) is -2.39. The molecule has 0 spiro atoms. The number of hydrogen-bond acceptors (Lipinski definition) is 4. The number of benzene rings is 1. The number of phosphoric ester groups is 1. The molecule has 0 amide bonds. The molecule has 3 N–H and O–H groups in total. The fraction of sp³-hybridized carbons (Fsp3) is 0.538. The summed E-state index contributed by atoms with van der Waals surface area (Å²) in [6, 6.07) is 5.15. The number of rotatable bonds is 6. The molecule has 1 aromatic carbocycles. The van der Waals surface area contributed by atoms with Crippen molar-refractivity contribution in [1.82, 2.24) is 4.90 Å². The molecular formula is C13H21N2O4P. The molecule has 112 valence electrons. The Morgan fingerprint density at radius 3 is 2.90 bits per heavy atom. The van der Waals surface area contributed by atoms with E-state index >= 15 is 0 Å². The highest BCUT2D eigenvalue weighted by atomic mass is 31.2. The topological polar surface area (TPSA) is 82.0 Å². The molecule has 0 bridgehead atoms. The Balaban J connectivity index is 2.04. The number of anilines is 1. The van der Waals surface area contributed by atoms with Crippen molar-refractivity contribution in [2.24, 2.45) is 0 Å². The molecule has 1 aromatic rings. The van der Waals surface area contributed by atoms with E-state index in [9.17, 15) is 4.57 Å². The highest BCUT2D eigenvalue weighted by Crippen LogP contribution is 2.41. The third-order valence-electron chi connectivity index (χ3n) is 3.63. The fourth-order valence-electron chi connectivity index (χ4n) is 2.37. The molecule has 6 nitrogen and oxygen atoms in total. The zero-order valence-electron chi connectivity index (χ0n) is 11.7. The van der Waals surface area contributed by atoms with Crippen LogP contribution in [-0.2, 0) is 4.57 Å². The van der Waals surface area contributed by atoms with Gasteiger partial charge in [0.15, 0.2) is 0 Å². The van der Waals surface area contributed by atoms with Gasteiger partial charge in [-0.3, -0.25) is 9.79 Å². The Kier molecular flexibility index (Phi) is 4.70. The number of hydrogen-bond donors (Lipinski definition) is 3. The summed E-state index contributed by atoms with van der Waals surface area (Å²) in [5.74, 6) is 0.624. The van der Waals surface area contributed by atoms with E-state index in [0.717, 1.165) is 31.7 Å². The highest BCUT2D eigenvalue weighted by Gasteiger charge is 2.24. The van der Waals surface area contributed by atoms with Gasteiger partial charge in [-0.1, -0.05) is 13.0 Å². The minimum Gasteiger partial charge on any atom is -0.404 e. The van der Waals surface area contributed by atoms with Crippen molar-refractivity contribution in [2.75, 3.05) is 32.0 Å². The summed E-state index contributed by atoms with van der Waals surface area (Å²) in [5.41, 5.74) is 2.09. The van der Waals surface area contributed by atoms with E-state index in [1.807, 2.05) is 6.07 Å². The molecule has 2 rings (SSSR count). The zero-order chi connectivity index (χ0) is 14.8. The lowest BCUT2D eigenvalue weighted by Gasteiger charge is -2.17. The summed E-state index contributed by atoms with van der Waals surface area (Å²) >= 11 is 0. The smallest absolute Gasteiger partial charge is 0.404 e. The molecule has 0 radical (unpaired) electrons. The Hall–Kier alpha value is -1.07. The van der Waals surface area contributed by atoms with E-state index in [0.29, 0.717) is 5.92 Å². The van der Waals surface area contributed by atoms with E-state index < -0.39 is 7.82 Å². The van der Waals surface area contributed by atoms with Crippen LogP contribution in [0.5, 0.6) is 5.75 Å². The lowest BCUT2D eigenvalue weighted by atomic mass is 9.97. The van der Waals surface area contributed by atoms with Crippen LogP contribution >= 0.6 is 7.82 Å². The number of nitrogens with one attached hydrogen (secondary N) is 1. The first-order valence-corrected chi connectivity index (χ1v) is 8.23. The molecule has 1 aliphatic heterocycles. The molecule has 0 saturated heterocycles. The predicted octanol–water partition coefficient (Wildman–Crippen LogP) is 2.01. The van der Waals surface area contributed by atoms with E-state index in [1.165, 1.54) is 5.56 Å². The maximum atomic E-state index is 10.8. The molecule has 1 unspecified atom stereocenters. The van der Waals surface area contributed by atoms with Crippen LogP contribution in [0.15, 0.2) is 18.2 Å². The monoisotopic (exact) mass is 300 g/mol. The molecule has 1 atom stereocenters. The second-order valence-electron chi connectivity index (χ2n) is 5.09. The highest BCUT2D eigenvalue weighted by molar-refractivity contribution is 7.46. The predicted molar refractivity (Wildman–Crippen MR) is 78.1 cm³/mol. The van der Waals surface area contributed by atoms with Gasteiger partial charge in [0.1, 0.15) is 5.75 Å². The summed E-state index contributed by atoms with van der Waals surface area (Å²) < 4.78 is 15.4. The van der Waals surface area contributed by atoms with Gasteiger partial charge in [0.05, 0.1) is 0 Å². The molecule has 0 fully saturated rings. The maximum Gasteiger partial charge on any atom is 0.524 e. The van der Waals surface area contributed by atoms with Crippen molar-refractivity contribution in [3.8, 4) is 5.75 Å². The van der Waals surface area contributed by atoms with Crippen molar-refractivity contribution in [1.29, 1.82) is 0 Å². The van der Waals surface area contributed by atoms with Crippen LogP contribution in [0.4, 0.5) is 5.69 Å². The average molecular weight is 300 g/mol. The van der Waals surface area contributed by atoms with Gasteiger partial charge >= 0.3 is 7.82 Å². The molecule has 0 aromatic heterocycles. The zero-order valence-corrected chi connectivity index (χ0v) is 12.6. The minimum absolute atomic E-state index is 0.191.